The number of hydrogen-bond donors (Lipinski definition) is 0. The van der Waals surface area contributed by atoms with E-state index in [1.807, 2.05) is 13.0 Å². The van der Waals surface area contributed by atoms with Crippen molar-refractivity contribution < 1.29 is 18.3 Å². The number of carbonyl (C=O) groups is 1. The van der Waals surface area contributed by atoms with Crippen LogP contribution in [0.1, 0.15) is 30.5 Å². The van der Waals surface area contributed by atoms with Crippen molar-refractivity contribution >= 4 is 5.91 Å². The standard InChI is InChI=1S/C19H20F2N2O2/c1-2-23(19(24)15-7-9-25-12-15)18(14-4-3-8-22-11-14)13-5-6-16(20)17(21)10-13/h3-6,8,10-11,15,18H,2,7,9,12H2,1H3/t15-,18+/m0/s1. The van der Waals surface area contributed by atoms with Crippen molar-refractivity contribution in [1.82, 2.24) is 9.88 Å². The van der Waals surface area contributed by atoms with E-state index in [0.29, 0.717) is 31.7 Å². The van der Waals surface area contributed by atoms with E-state index in [1.54, 1.807) is 23.4 Å². The molecule has 0 radical (unpaired) electrons. The van der Waals surface area contributed by atoms with Crippen LogP contribution in [0.5, 0.6) is 0 Å². The molecule has 1 amide bonds. The van der Waals surface area contributed by atoms with Gasteiger partial charge < -0.3 is 9.64 Å². The summed E-state index contributed by atoms with van der Waals surface area (Å²) in [6.07, 6.45) is 3.95. The van der Waals surface area contributed by atoms with Crippen LogP contribution in [-0.2, 0) is 9.53 Å². The highest BCUT2D eigenvalue weighted by Gasteiger charge is 2.33. The molecule has 0 saturated carbocycles. The molecule has 132 valence electrons. The van der Waals surface area contributed by atoms with Gasteiger partial charge in [-0.1, -0.05) is 12.1 Å². The first-order valence-corrected chi connectivity index (χ1v) is 8.35. The van der Waals surface area contributed by atoms with E-state index in [4.69, 9.17) is 4.74 Å². The molecule has 6 heteroatoms. The first kappa shape index (κ1) is 17.5. The summed E-state index contributed by atoms with van der Waals surface area (Å²) >= 11 is 0. The maximum atomic E-state index is 13.8. The van der Waals surface area contributed by atoms with Gasteiger partial charge in [-0.25, -0.2) is 8.78 Å². The molecule has 1 aromatic heterocycles. The average Bonchev–Trinajstić information content (AvgIpc) is 3.17. The molecule has 0 N–H and O–H groups in total. The SMILES string of the molecule is CCN(C(=O)[C@H]1CCOC1)[C@@H](c1cccnc1)c1ccc(F)c(F)c1. The van der Waals surface area contributed by atoms with Crippen molar-refractivity contribution in [3.8, 4) is 0 Å². The lowest BCUT2D eigenvalue weighted by Gasteiger charge is -2.33. The Kier molecular flexibility index (Phi) is 5.38. The molecule has 0 bridgehead atoms. The second-order valence-corrected chi connectivity index (χ2v) is 6.05. The number of rotatable bonds is 5. The van der Waals surface area contributed by atoms with Crippen LogP contribution in [0.2, 0.25) is 0 Å². The van der Waals surface area contributed by atoms with Crippen molar-refractivity contribution in [2.45, 2.75) is 19.4 Å². The Labute approximate surface area is 145 Å². The first-order valence-electron chi connectivity index (χ1n) is 8.35. The zero-order valence-electron chi connectivity index (χ0n) is 14.0. The lowest BCUT2D eigenvalue weighted by atomic mass is 9.96. The summed E-state index contributed by atoms with van der Waals surface area (Å²) in [5, 5.41) is 0. The molecule has 3 rings (SSSR count). The Hall–Kier alpha value is -2.34. The minimum atomic E-state index is -0.931. The third kappa shape index (κ3) is 3.69. The number of benzene rings is 1. The number of hydrogen-bond acceptors (Lipinski definition) is 3. The minimum Gasteiger partial charge on any atom is -0.381 e. The van der Waals surface area contributed by atoms with E-state index >= 15 is 0 Å². The number of halogens is 2. The third-order valence-electron chi connectivity index (χ3n) is 4.47. The Morgan fingerprint density at radius 3 is 2.76 bits per heavy atom. The van der Waals surface area contributed by atoms with Crippen molar-refractivity contribution in [3.05, 3.63) is 65.5 Å². The van der Waals surface area contributed by atoms with Gasteiger partial charge in [-0.3, -0.25) is 9.78 Å². The monoisotopic (exact) mass is 346 g/mol. The second kappa shape index (κ2) is 7.70. The van der Waals surface area contributed by atoms with Gasteiger partial charge in [-0.15, -0.1) is 0 Å². The van der Waals surface area contributed by atoms with Crippen molar-refractivity contribution in [2.24, 2.45) is 5.92 Å². The number of aromatic nitrogens is 1. The van der Waals surface area contributed by atoms with Crippen LogP contribution in [0.25, 0.3) is 0 Å². The Balaban J connectivity index is 2.02. The molecule has 1 fully saturated rings. The summed E-state index contributed by atoms with van der Waals surface area (Å²) in [5.74, 6) is -2.09. The van der Waals surface area contributed by atoms with Gasteiger partial charge in [-0.2, -0.15) is 0 Å². The molecule has 0 aliphatic carbocycles. The smallest absolute Gasteiger partial charge is 0.228 e. The summed E-state index contributed by atoms with van der Waals surface area (Å²) in [6.45, 7) is 3.27. The minimum absolute atomic E-state index is 0.0430. The molecule has 2 heterocycles. The highest BCUT2D eigenvalue weighted by Crippen LogP contribution is 2.31. The van der Waals surface area contributed by atoms with Gasteiger partial charge in [-0.05, 0) is 42.7 Å². The van der Waals surface area contributed by atoms with Gasteiger partial charge in [0.2, 0.25) is 5.91 Å². The van der Waals surface area contributed by atoms with Gasteiger partial charge in [0.05, 0.1) is 18.6 Å². The van der Waals surface area contributed by atoms with Gasteiger partial charge in [0, 0.05) is 25.5 Å². The van der Waals surface area contributed by atoms with Crippen molar-refractivity contribution in [1.29, 1.82) is 0 Å². The molecule has 1 aromatic carbocycles. The van der Waals surface area contributed by atoms with Crippen LogP contribution in [0.3, 0.4) is 0 Å². The first-order chi connectivity index (χ1) is 12.1. The number of nitrogens with zero attached hydrogens (tertiary/aromatic N) is 2. The maximum absolute atomic E-state index is 13.8. The van der Waals surface area contributed by atoms with Crippen molar-refractivity contribution in [2.75, 3.05) is 19.8 Å². The Bertz CT molecular complexity index is 733. The summed E-state index contributed by atoms with van der Waals surface area (Å²) in [4.78, 5) is 18.8. The number of pyridine rings is 1. The van der Waals surface area contributed by atoms with Crippen LogP contribution in [0.15, 0.2) is 42.7 Å². The number of amides is 1. The molecule has 0 spiro atoms. The fourth-order valence-electron chi connectivity index (χ4n) is 3.20. The topological polar surface area (TPSA) is 42.4 Å². The van der Waals surface area contributed by atoms with E-state index in [0.717, 1.165) is 17.7 Å². The Morgan fingerprint density at radius 2 is 2.16 bits per heavy atom. The van der Waals surface area contributed by atoms with E-state index in [-0.39, 0.29) is 11.8 Å². The zero-order chi connectivity index (χ0) is 17.8. The quantitative estimate of drug-likeness (QED) is 0.834. The molecular weight excluding hydrogens is 326 g/mol. The van der Waals surface area contributed by atoms with E-state index in [1.165, 1.54) is 6.07 Å². The predicted octanol–water partition coefficient (Wildman–Crippen LogP) is 3.33. The fraction of sp³-hybridized carbons (Fsp3) is 0.368. The lowest BCUT2D eigenvalue weighted by molar-refractivity contribution is -0.137. The summed E-state index contributed by atoms with van der Waals surface area (Å²) < 4.78 is 32.5. The molecule has 1 aliphatic heterocycles. The highest BCUT2D eigenvalue weighted by atomic mass is 19.2. The summed E-state index contributed by atoms with van der Waals surface area (Å²) in [5.41, 5.74) is 1.27. The lowest BCUT2D eigenvalue weighted by Crippen LogP contribution is -2.39. The van der Waals surface area contributed by atoms with E-state index in [2.05, 4.69) is 4.98 Å². The molecule has 2 atom stereocenters. The van der Waals surface area contributed by atoms with Crippen LogP contribution in [0.4, 0.5) is 8.78 Å². The predicted molar refractivity (Wildman–Crippen MR) is 88.8 cm³/mol. The third-order valence-corrected chi connectivity index (χ3v) is 4.47. The zero-order valence-corrected chi connectivity index (χ0v) is 14.0. The fourth-order valence-corrected chi connectivity index (χ4v) is 3.20. The largest absolute Gasteiger partial charge is 0.381 e. The van der Waals surface area contributed by atoms with E-state index in [9.17, 15) is 13.6 Å². The van der Waals surface area contributed by atoms with E-state index < -0.39 is 17.7 Å². The molecule has 25 heavy (non-hydrogen) atoms. The highest BCUT2D eigenvalue weighted by molar-refractivity contribution is 5.80. The van der Waals surface area contributed by atoms with Crippen LogP contribution in [-0.4, -0.2) is 35.5 Å². The normalized spacial score (nSPS) is 18.1. The second-order valence-electron chi connectivity index (χ2n) is 6.05. The van der Waals surface area contributed by atoms with Crippen LogP contribution < -0.4 is 0 Å². The van der Waals surface area contributed by atoms with Gasteiger partial charge in [0.15, 0.2) is 11.6 Å². The number of ether oxygens (including phenoxy) is 1. The van der Waals surface area contributed by atoms with Crippen molar-refractivity contribution in [3.63, 3.8) is 0 Å². The van der Waals surface area contributed by atoms with Crippen LogP contribution >= 0.6 is 0 Å². The molecule has 2 aromatic rings. The molecule has 4 nitrogen and oxygen atoms in total. The molecule has 1 saturated heterocycles. The summed E-state index contributed by atoms with van der Waals surface area (Å²) in [6, 6.07) is 6.82. The average molecular weight is 346 g/mol. The van der Waals surface area contributed by atoms with Gasteiger partial charge >= 0.3 is 0 Å². The summed E-state index contributed by atoms with van der Waals surface area (Å²) in [7, 11) is 0. The maximum Gasteiger partial charge on any atom is 0.228 e. The Morgan fingerprint density at radius 1 is 1.32 bits per heavy atom. The molecule has 1 aliphatic rings. The van der Waals surface area contributed by atoms with Gasteiger partial charge in [0.25, 0.3) is 0 Å². The van der Waals surface area contributed by atoms with Crippen LogP contribution in [0, 0.1) is 17.6 Å². The molecular formula is C19H20F2N2O2. The number of carbonyl (C=O) groups excluding carboxylic acids is 1. The van der Waals surface area contributed by atoms with Gasteiger partial charge in [0.1, 0.15) is 0 Å². The molecule has 0 unspecified atom stereocenters.